The van der Waals surface area contributed by atoms with E-state index in [1.807, 2.05) is 0 Å². The van der Waals surface area contributed by atoms with E-state index in [-0.39, 0.29) is 12.3 Å². The lowest BCUT2D eigenvalue weighted by Gasteiger charge is -2.02. The van der Waals surface area contributed by atoms with E-state index in [1.54, 1.807) is 0 Å². The van der Waals surface area contributed by atoms with Gasteiger partial charge < -0.3 is 9.84 Å². The van der Waals surface area contributed by atoms with Gasteiger partial charge >= 0.3 is 5.97 Å². The van der Waals surface area contributed by atoms with Gasteiger partial charge in [0.1, 0.15) is 6.29 Å². The molecule has 0 saturated carbocycles. The van der Waals surface area contributed by atoms with Crippen molar-refractivity contribution < 1.29 is 19.4 Å². The molecule has 0 aromatic carbocycles. The molecule has 5 nitrogen and oxygen atoms in total. The van der Waals surface area contributed by atoms with Crippen LogP contribution in [-0.4, -0.2) is 29.5 Å². The molecule has 5 heteroatoms. The summed E-state index contributed by atoms with van der Waals surface area (Å²) in [5, 5.41) is 8.52. The van der Waals surface area contributed by atoms with Gasteiger partial charge in [0.25, 0.3) is 0 Å². The second kappa shape index (κ2) is 4.36. The fourth-order valence-corrected chi connectivity index (χ4v) is 1.00. The molecular formula is C9H9NO4. The van der Waals surface area contributed by atoms with Crippen molar-refractivity contribution in [2.45, 2.75) is 6.42 Å². The number of aliphatic carboxylic acids is 1. The zero-order valence-corrected chi connectivity index (χ0v) is 7.56. The van der Waals surface area contributed by atoms with Crippen LogP contribution in [0.5, 0.6) is 5.88 Å². The minimum Gasteiger partial charge on any atom is -0.481 e. The summed E-state index contributed by atoms with van der Waals surface area (Å²) in [6, 6.07) is 2.86. The van der Waals surface area contributed by atoms with Crippen LogP contribution in [0.25, 0.3) is 0 Å². The fraction of sp³-hybridized carbons (Fsp3) is 0.222. The van der Waals surface area contributed by atoms with Gasteiger partial charge in [-0.1, -0.05) is 0 Å². The Morgan fingerprint density at radius 1 is 1.64 bits per heavy atom. The summed E-state index contributed by atoms with van der Waals surface area (Å²) in [6.45, 7) is 0. The van der Waals surface area contributed by atoms with Gasteiger partial charge in [-0.2, -0.15) is 0 Å². The summed E-state index contributed by atoms with van der Waals surface area (Å²) in [6.07, 6.45) is 0.396. The molecule has 0 saturated heterocycles. The number of ether oxygens (including phenoxy) is 1. The summed E-state index contributed by atoms with van der Waals surface area (Å²) >= 11 is 0. The first-order chi connectivity index (χ1) is 6.65. The summed E-state index contributed by atoms with van der Waals surface area (Å²) in [7, 11) is 1.40. The van der Waals surface area contributed by atoms with Crippen LogP contribution in [0.4, 0.5) is 0 Å². The van der Waals surface area contributed by atoms with Crippen LogP contribution < -0.4 is 4.74 Å². The first-order valence-corrected chi connectivity index (χ1v) is 3.87. The SMILES string of the molecule is COc1cc(C=O)cc(CC(=O)O)n1. The number of nitrogens with zero attached hydrogens (tertiary/aromatic N) is 1. The van der Waals surface area contributed by atoms with Gasteiger partial charge in [-0.25, -0.2) is 4.98 Å². The van der Waals surface area contributed by atoms with E-state index in [1.165, 1.54) is 19.2 Å². The highest BCUT2D eigenvalue weighted by molar-refractivity contribution is 5.76. The number of hydrogen-bond acceptors (Lipinski definition) is 4. The Kier molecular flexibility index (Phi) is 3.17. The van der Waals surface area contributed by atoms with Crippen molar-refractivity contribution in [1.29, 1.82) is 0 Å². The number of methoxy groups -OCH3 is 1. The van der Waals surface area contributed by atoms with E-state index in [4.69, 9.17) is 9.84 Å². The average molecular weight is 195 g/mol. The number of aldehydes is 1. The maximum absolute atomic E-state index is 10.5. The molecule has 1 aromatic rings. The molecule has 0 spiro atoms. The van der Waals surface area contributed by atoms with Crippen LogP contribution in [-0.2, 0) is 11.2 Å². The Morgan fingerprint density at radius 2 is 2.36 bits per heavy atom. The Bertz CT molecular complexity index is 362. The lowest BCUT2D eigenvalue weighted by atomic mass is 10.2. The summed E-state index contributed by atoms with van der Waals surface area (Å²) in [5.41, 5.74) is 0.659. The molecule has 0 amide bonds. The number of carboxylic acids is 1. The minimum absolute atomic E-state index is 0.224. The molecular weight excluding hydrogens is 186 g/mol. The van der Waals surface area contributed by atoms with Crippen molar-refractivity contribution in [3.63, 3.8) is 0 Å². The third-order valence-electron chi connectivity index (χ3n) is 1.55. The zero-order chi connectivity index (χ0) is 10.6. The highest BCUT2D eigenvalue weighted by atomic mass is 16.5. The third-order valence-corrected chi connectivity index (χ3v) is 1.55. The van der Waals surface area contributed by atoms with Gasteiger partial charge in [-0.3, -0.25) is 9.59 Å². The predicted octanol–water partition coefficient (Wildman–Crippen LogP) is 0.530. The van der Waals surface area contributed by atoms with Crippen molar-refractivity contribution in [2.75, 3.05) is 7.11 Å². The molecule has 1 aromatic heterocycles. The van der Waals surface area contributed by atoms with Gasteiger partial charge in [-0.05, 0) is 6.07 Å². The molecule has 1 N–H and O–H groups in total. The second-order valence-corrected chi connectivity index (χ2v) is 2.62. The van der Waals surface area contributed by atoms with Crippen LogP contribution in [0.2, 0.25) is 0 Å². The quantitative estimate of drug-likeness (QED) is 0.709. The molecule has 74 valence electrons. The molecule has 1 rings (SSSR count). The number of hydrogen-bond donors (Lipinski definition) is 1. The number of carboxylic acid groups (broad SMARTS) is 1. The standard InChI is InChI=1S/C9H9NO4/c1-14-8-3-6(5-11)2-7(10-8)4-9(12)13/h2-3,5H,4H2,1H3,(H,12,13). The average Bonchev–Trinajstić information content (AvgIpc) is 2.16. The maximum atomic E-state index is 10.5. The molecule has 0 unspecified atom stereocenters. The Morgan fingerprint density at radius 3 is 2.86 bits per heavy atom. The van der Waals surface area contributed by atoms with Crippen LogP contribution in [0.1, 0.15) is 16.1 Å². The molecule has 0 radical (unpaired) electrons. The highest BCUT2D eigenvalue weighted by Gasteiger charge is 2.06. The smallest absolute Gasteiger partial charge is 0.309 e. The Hall–Kier alpha value is -1.91. The van der Waals surface area contributed by atoms with E-state index >= 15 is 0 Å². The molecule has 14 heavy (non-hydrogen) atoms. The first kappa shape index (κ1) is 10.2. The summed E-state index contributed by atoms with van der Waals surface area (Å²) < 4.78 is 4.82. The van der Waals surface area contributed by atoms with Crippen molar-refractivity contribution >= 4 is 12.3 Å². The van der Waals surface area contributed by atoms with Crippen LogP contribution in [0, 0.1) is 0 Å². The van der Waals surface area contributed by atoms with Crippen LogP contribution in [0.15, 0.2) is 12.1 Å². The van der Waals surface area contributed by atoms with E-state index < -0.39 is 5.97 Å². The highest BCUT2D eigenvalue weighted by Crippen LogP contribution is 2.11. The van der Waals surface area contributed by atoms with Crippen molar-refractivity contribution in [3.05, 3.63) is 23.4 Å². The van der Waals surface area contributed by atoms with Crippen molar-refractivity contribution in [1.82, 2.24) is 4.98 Å². The lowest BCUT2D eigenvalue weighted by Crippen LogP contribution is -2.04. The van der Waals surface area contributed by atoms with Crippen LogP contribution in [0.3, 0.4) is 0 Å². The van der Waals surface area contributed by atoms with Crippen LogP contribution >= 0.6 is 0 Å². The minimum atomic E-state index is -0.998. The van der Waals surface area contributed by atoms with Gasteiger partial charge in [-0.15, -0.1) is 0 Å². The first-order valence-electron chi connectivity index (χ1n) is 3.87. The molecule has 0 atom stereocenters. The van der Waals surface area contributed by atoms with Gasteiger partial charge in [0.05, 0.1) is 19.2 Å². The van der Waals surface area contributed by atoms with E-state index in [2.05, 4.69) is 4.98 Å². The van der Waals surface area contributed by atoms with Gasteiger partial charge in [0.15, 0.2) is 0 Å². The van der Waals surface area contributed by atoms with Crippen molar-refractivity contribution in [2.24, 2.45) is 0 Å². The largest absolute Gasteiger partial charge is 0.481 e. The third kappa shape index (κ3) is 2.55. The fourth-order valence-electron chi connectivity index (χ4n) is 1.00. The Balaban J connectivity index is 3.03. The monoisotopic (exact) mass is 195 g/mol. The van der Waals surface area contributed by atoms with E-state index in [0.717, 1.165) is 0 Å². The zero-order valence-electron chi connectivity index (χ0n) is 7.56. The predicted molar refractivity (Wildman–Crippen MR) is 47.5 cm³/mol. The second-order valence-electron chi connectivity index (χ2n) is 2.62. The topological polar surface area (TPSA) is 76.5 Å². The number of rotatable bonds is 4. The number of carbonyl (C=O) groups is 2. The van der Waals surface area contributed by atoms with E-state index in [0.29, 0.717) is 17.5 Å². The lowest BCUT2D eigenvalue weighted by molar-refractivity contribution is -0.136. The number of carbonyl (C=O) groups excluding carboxylic acids is 1. The number of aromatic nitrogens is 1. The molecule has 0 aliphatic heterocycles. The van der Waals surface area contributed by atoms with Gasteiger partial charge in [0.2, 0.25) is 5.88 Å². The number of pyridine rings is 1. The molecule has 0 aliphatic rings. The molecule has 0 aliphatic carbocycles. The van der Waals surface area contributed by atoms with E-state index in [9.17, 15) is 9.59 Å². The van der Waals surface area contributed by atoms with Gasteiger partial charge in [0, 0.05) is 11.6 Å². The summed E-state index contributed by atoms with van der Waals surface area (Å²) in [4.78, 5) is 24.8. The normalized spacial score (nSPS) is 9.50. The van der Waals surface area contributed by atoms with Crippen molar-refractivity contribution in [3.8, 4) is 5.88 Å². The maximum Gasteiger partial charge on any atom is 0.309 e. The Labute approximate surface area is 80.3 Å². The summed E-state index contributed by atoms with van der Waals surface area (Å²) in [5.74, 6) is -0.756. The molecule has 0 bridgehead atoms. The molecule has 0 fully saturated rings. The molecule has 1 heterocycles.